The molecule has 0 fully saturated rings. The van der Waals surface area contributed by atoms with Gasteiger partial charge < -0.3 is 14.8 Å². The Hall–Kier alpha value is -1.06. The SMILES string of the molecule is CCOCc1ccccc1NC(C)COCC. The molecule has 96 valence electrons. The molecule has 17 heavy (non-hydrogen) atoms. The van der Waals surface area contributed by atoms with Crippen LogP contribution in [0.4, 0.5) is 5.69 Å². The number of nitrogens with one attached hydrogen (secondary N) is 1. The van der Waals surface area contributed by atoms with Crippen molar-refractivity contribution in [2.45, 2.75) is 33.4 Å². The van der Waals surface area contributed by atoms with Crippen molar-refractivity contribution in [3.05, 3.63) is 29.8 Å². The Morgan fingerprint density at radius 1 is 1.12 bits per heavy atom. The zero-order chi connectivity index (χ0) is 12.5. The van der Waals surface area contributed by atoms with Crippen LogP contribution >= 0.6 is 0 Å². The summed E-state index contributed by atoms with van der Waals surface area (Å²) in [6, 6.07) is 8.54. The summed E-state index contributed by atoms with van der Waals surface area (Å²) in [6.45, 7) is 9.01. The molecule has 0 spiro atoms. The Balaban J connectivity index is 2.56. The third kappa shape index (κ3) is 5.20. The summed E-state index contributed by atoms with van der Waals surface area (Å²) in [7, 11) is 0. The lowest BCUT2D eigenvalue weighted by Crippen LogP contribution is -2.22. The fraction of sp³-hybridized carbons (Fsp3) is 0.571. The van der Waals surface area contributed by atoms with Crippen LogP contribution in [0.1, 0.15) is 26.3 Å². The highest BCUT2D eigenvalue weighted by molar-refractivity contribution is 5.51. The molecule has 0 aromatic heterocycles. The molecule has 1 rings (SSSR count). The maximum absolute atomic E-state index is 5.45. The molecule has 0 bridgehead atoms. The van der Waals surface area contributed by atoms with E-state index in [-0.39, 0.29) is 0 Å². The zero-order valence-electron chi connectivity index (χ0n) is 11.0. The third-order valence-corrected chi connectivity index (χ3v) is 2.45. The summed E-state index contributed by atoms with van der Waals surface area (Å²) < 4.78 is 10.8. The number of benzene rings is 1. The molecule has 0 saturated carbocycles. The number of rotatable bonds is 8. The minimum atomic E-state index is 0.303. The molecule has 0 saturated heterocycles. The highest BCUT2D eigenvalue weighted by Crippen LogP contribution is 2.17. The Morgan fingerprint density at radius 3 is 2.53 bits per heavy atom. The van der Waals surface area contributed by atoms with Gasteiger partial charge in [0.2, 0.25) is 0 Å². The molecular formula is C14H23NO2. The average Bonchev–Trinajstić information content (AvgIpc) is 2.35. The van der Waals surface area contributed by atoms with E-state index < -0.39 is 0 Å². The summed E-state index contributed by atoms with van der Waals surface area (Å²) in [5.74, 6) is 0. The summed E-state index contributed by atoms with van der Waals surface area (Å²) in [4.78, 5) is 0. The number of hydrogen-bond acceptors (Lipinski definition) is 3. The third-order valence-electron chi connectivity index (χ3n) is 2.45. The monoisotopic (exact) mass is 237 g/mol. The first kappa shape index (κ1) is 14.0. The van der Waals surface area contributed by atoms with Gasteiger partial charge in [0.25, 0.3) is 0 Å². The largest absolute Gasteiger partial charge is 0.380 e. The Bertz CT molecular complexity index is 315. The molecule has 0 aliphatic rings. The number of hydrogen-bond donors (Lipinski definition) is 1. The Kier molecular flexibility index (Phi) is 6.67. The van der Waals surface area contributed by atoms with Crippen LogP contribution in [0.5, 0.6) is 0 Å². The summed E-state index contributed by atoms with van der Waals surface area (Å²) in [6.07, 6.45) is 0. The van der Waals surface area contributed by atoms with E-state index in [0.717, 1.165) is 25.5 Å². The normalized spacial score (nSPS) is 12.4. The molecule has 0 heterocycles. The minimum absolute atomic E-state index is 0.303. The summed E-state index contributed by atoms with van der Waals surface area (Å²) in [5.41, 5.74) is 2.32. The van der Waals surface area contributed by atoms with Gasteiger partial charge in [0.15, 0.2) is 0 Å². The van der Waals surface area contributed by atoms with Gasteiger partial charge in [-0.2, -0.15) is 0 Å². The van der Waals surface area contributed by atoms with Gasteiger partial charge in [0, 0.05) is 30.5 Å². The lowest BCUT2D eigenvalue weighted by Gasteiger charge is -2.17. The van der Waals surface area contributed by atoms with Crippen molar-refractivity contribution in [3.63, 3.8) is 0 Å². The zero-order valence-corrected chi connectivity index (χ0v) is 11.0. The van der Waals surface area contributed by atoms with Crippen LogP contribution in [0.2, 0.25) is 0 Å². The van der Waals surface area contributed by atoms with Crippen molar-refractivity contribution >= 4 is 5.69 Å². The number of para-hydroxylation sites is 1. The number of anilines is 1. The molecule has 1 aromatic carbocycles. The molecule has 1 atom stereocenters. The van der Waals surface area contributed by atoms with Gasteiger partial charge in [-0.3, -0.25) is 0 Å². The summed E-state index contributed by atoms with van der Waals surface area (Å²) in [5, 5.41) is 3.45. The van der Waals surface area contributed by atoms with E-state index in [1.54, 1.807) is 0 Å². The topological polar surface area (TPSA) is 30.5 Å². The molecule has 3 heteroatoms. The van der Waals surface area contributed by atoms with Crippen LogP contribution < -0.4 is 5.32 Å². The van der Waals surface area contributed by atoms with Crippen LogP contribution in [0.15, 0.2) is 24.3 Å². The van der Waals surface area contributed by atoms with Gasteiger partial charge in [0.05, 0.1) is 13.2 Å². The van der Waals surface area contributed by atoms with Crippen molar-refractivity contribution in [2.75, 3.05) is 25.1 Å². The maximum Gasteiger partial charge on any atom is 0.0736 e. The van der Waals surface area contributed by atoms with Crippen molar-refractivity contribution in [2.24, 2.45) is 0 Å². The predicted molar refractivity (Wildman–Crippen MR) is 71.3 cm³/mol. The second-order valence-corrected chi connectivity index (χ2v) is 4.00. The highest BCUT2D eigenvalue weighted by Gasteiger charge is 2.05. The van der Waals surface area contributed by atoms with E-state index in [4.69, 9.17) is 9.47 Å². The molecule has 1 N–H and O–H groups in total. The van der Waals surface area contributed by atoms with Crippen LogP contribution in [-0.2, 0) is 16.1 Å². The van der Waals surface area contributed by atoms with E-state index in [1.807, 2.05) is 26.0 Å². The van der Waals surface area contributed by atoms with Crippen molar-refractivity contribution in [3.8, 4) is 0 Å². The standard InChI is InChI=1S/C14H23NO2/c1-4-16-10-12(3)15-14-9-7-6-8-13(14)11-17-5-2/h6-9,12,15H,4-5,10-11H2,1-3H3. The number of ether oxygens (including phenoxy) is 2. The summed E-state index contributed by atoms with van der Waals surface area (Å²) >= 11 is 0. The van der Waals surface area contributed by atoms with Crippen LogP contribution in [0.3, 0.4) is 0 Å². The molecule has 0 amide bonds. The Labute approximate surface area is 104 Å². The smallest absolute Gasteiger partial charge is 0.0736 e. The molecule has 0 radical (unpaired) electrons. The second-order valence-electron chi connectivity index (χ2n) is 4.00. The van der Waals surface area contributed by atoms with Gasteiger partial charge in [-0.25, -0.2) is 0 Å². The maximum atomic E-state index is 5.45. The first-order valence-electron chi connectivity index (χ1n) is 6.27. The minimum Gasteiger partial charge on any atom is -0.380 e. The van der Waals surface area contributed by atoms with Gasteiger partial charge in [-0.05, 0) is 26.8 Å². The average molecular weight is 237 g/mol. The van der Waals surface area contributed by atoms with Crippen molar-refractivity contribution in [1.82, 2.24) is 0 Å². The first-order chi connectivity index (χ1) is 8.27. The van der Waals surface area contributed by atoms with E-state index in [0.29, 0.717) is 12.6 Å². The molecule has 1 aromatic rings. The van der Waals surface area contributed by atoms with Crippen LogP contribution in [0.25, 0.3) is 0 Å². The molecule has 0 aliphatic heterocycles. The van der Waals surface area contributed by atoms with E-state index >= 15 is 0 Å². The lowest BCUT2D eigenvalue weighted by molar-refractivity contribution is 0.133. The van der Waals surface area contributed by atoms with Crippen LogP contribution in [-0.4, -0.2) is 25.9 Å². The molecule has 0 aliphatic carbocycles. The van der Waals surface area contributed by atoms with Gasteiger partial charge in [-0.15, -0.1) is 0 Å². The van der Waals surface area contributed by atoms with Crippen molar-refractivity contribution in [1.29, 1.82) is 0 Å². The van der Waals surface area contributed by atoms with Gasteiger partial charge >= 0.3 is 0 Å². The predicted octanol–water partition coefficient (Wildman–Crippen LogP) is 3.06. The molecular weight excluding hydrogens is 214 g/mol. The highest BCUT2D eigenvalue weighted by atomic mass is 16.5. The fourth-order valence-corrected chi connectivity index (χ4v) is 1.60. The van der Waals surface area contributed by atoms with E-state index in [1.165, 1.54) is 5.56 Å². The quantitative estimate of drug-likeness (QED) is 0.753. The molecule has 3 nitrogen and oxygen atoms in total. The first-order valence-corrected chi connectivity index (χ1v) is 6.27. The Morgan fingerprint density at radius 2 is 1.82 bits per heavy atom. The lowest BCUT2D eigenvalue weighted by atomic mass is 10.1. The van der Waals surface area contributed by atoms with Crippen LogP contribution in [0, 0.1) is 0 Å². The van der Waals surface area contributed by atoms with Crippen molar-refractivity contribution < 1.29 is 9.47 Å². The fourth-order valence-electron chi connectivity index (χ4n) is 1.60. The second kappa shape index (κ2) is 8.09. The molecule has 1 unspecified atom stereocenters. The van der Waals surface area contributed by atoms with E-state index in [2.05, 4.69) is 24.4 Å². The van der Waals surface area contributed by atoms with Gasteiger partial charge in [0.1, 0.15) is 0 Å². The van der Waals surface area contributed by atoms with E-state index in [9.17, 15) is 0 Å². The van der Waals surface area contributed by atoms with Gasteiger partial charge in [-0.1, -0.05) is 18.2 Å².